The molecule has 5 heteroatoms. The summed E-state index contributed by atoms with van der Waals surface area (Å²) in [6.07, 6.45) is -0.406. The highest BCUT2D eigenvalue weighted by atomic mass is 16.6. The number of β-amino-alcohol motifs (C(OH)–C–C–N with tert-alkyl or cyclic N) is 1. The molecule has 1 fully saturated rings. The first-order valence-corrected chi connectivity index (χ1v) is 14.3. The van der Waals surface area contributed by atoms with Crippen molar-refractivity contribution in [1.29, 1.82) is 0 Å². The van der Waals surface area contributed by atoms with Crippen LogP contribution in [-0.2, 0) is 10.3 Å². The summed E-state index contributed by atoms with van der Waals surface area (Å²) in [6, 6.07) is 37.1. The fourth-order valence-corrected chi connectivity index (χ4v) is 5.79. The summed E-state index contributed by atoms with van der Waals surface area (Å²) < 4.78 is 12.6. The number of piperidine rings is 1. The van der Waals surface area contributed by atoms with E-state index in [4.69, 9.17) is 9.47 Å². The van der Waals surface area contributed by atoms with Crippen LogP contribution >= 0.6 is 0 Å². The van der Waals surface area contributed by atoms with Gasteiger partial charge in [0.05, 0.1) is 12.6 Å². The van der Waals surface area contributed by atoms with Crippen LogP contribution in [0.3, 0.4) is 0 Å². The number of hydrogen-bond donors (Lipinski definition) is 1. The molecule has 1 heterocycles. The molecule has 1 aliphatic heterocycles. The Kier molecular flexibility index (Phi) is 8.18. The molecule has 41 heavy (non-hydrogen) atoms. The lowest BCUT2D eigenvalue weighted by Gasteiger charge is -2.38. The molecular formula is C36H39NO4. The lowest BCUT2D eigenvalue weighted by Crippen LogP contribution is -2.47. The highest BCUT2D eigenvalue weighted by Crippen LogP contribution is 2.42. The number of hydrogen-bond acceptors (Lipinski definition) is 4. The molecule has 2 atom stereocenters. The van der Waals surface area contributed by atoms with Gasteiger partial charge < -0.3 is 19.5 Å². The predicted octanol–water partition coefficient (Wildman–Crippen LogP) is 7.45. The summed E-state index contributed by atoms with van der Waals surface area (Å²) in [5.74, 6) is 0.661. The molecule has 1 N–H and O–H groups in total. The summed E-state index contributed by atoms with van der Waals surface area (Å²) in [4.78, 5) is 14.2. The Balaban J connectivity index is 1.46. The first-order valence-electron chi connectivity index (χ1n) is 14.3. The van der Waals surface area contributed by atoms with Crippen LogP contribution in [0.1, 0.15) is 60.9 Å². The van der Waals surface area contributed by atoms with E-state index < -0.39 is 17.3 Å². The van der Waals surface area contributed by atoms with Gasteiger partial charge in [-0.25, -0.2) is 4.79 Å². The Labute approximate surface area is 243 Å². The Morgan fingerprint density at radius 2 is 1.32 bits per heavy atom. The van der Waals surface area contributed by atoms with E-state index in [1.165, 1.54) is 0 Å². The number of aryl methyl sites for hydroxylation is 1. The van der Waals surface area contributed by atoms with E-state index in [2.05, 4.69) is 55.5 Å². The molecule has 0 spiro atoms. The summed E-state index contributed by atoms with van der Waals surface area (Å²) >= 11 is 0. The zero-order valence-corrected chi connectivity index (χ0v) is 24.3. The van der Waals surface area contributed by atoms with Crippen LogP contribution in [0.25, 0.3) is 0 Å². The van der Waals surface area contributed by atoms with Crippen LogP contribution in [0.4, 0.5) is 4.79 Å². The standard InChI is InChI=1S/C36H39NO4/c1-26-24-30(20-21-31(26)32-22-23-37(25-33(32)38)34(39)41-35(2,3)4)40-36(27-14-8-5-9-15-27,28-16-10-6-11-17-28)29-18-12-7-13-19-29/h5-21,24,32-33,38H,22-23,25H2,1-4H3. The highest BCUT2D eigenvalue weighted by Gasteiger charge is 2.39. The van der Waals surface area contributed by atoms with E-state index in [1.807, 2.05) is 81.4 Å². The summed E-state index contributed by atoms with van der Waals surface area (Å²) in [5, 5.41) is 11.1. The lowest BCUT2D eigenvalue weighted by molar-refractivity contribution is -0.00157. The molecular weight excluding hydrogens is 510 g/mol. The molecule has 5 nitrogen and oxygen atoms in total. The quantitative estimate of drug-likeness (QED) is 0.254. The second-order valence-corrected chi connectivity index (χ2v) is 11.8. The van der Waals surface area contributed by atoms with Crippen molar-refractivity contribution in [1.82, 2.24) is 4.90 Å². The fraction of sp³-hybridized carbons (Fsp3) is 0.306. The first kappa shape index (κ1) is 28.4. The van der Waals surface area contributed by atoms with Gasteiger partial charge in [0.25, 0.3) is 0 Å². The molecule has 0 radical (unpaired) electrons. The SMILES string of the molecule is Cc1cc(OC(c2ccccc2)(c2ccccc2)c2ccccc2)ccc1C1CCN(C(=O)OC(C)(C)C)CC1O. The number of ether oxygens (including phenoxy) is 2. The maximum Gasteiger partial charge on any atom is 0.410 e. The number of benzene rings is 4. The van der Waals surface area contributed by atoms with E-state index in [1.54, 1.807) is 4.90 Å². The van der Waals surface area contributed by atoms with Crippen molar-refractivity contribution >= 4 is 6.09 Å². The molecule has 0 aromatic heterocycles. The fourth-order valence-electron chi connectivity index (χ4n) is 5.79. The molecule has 5 rings (SSSR count). The van der Waals surface area contributed by atoms with E-state index in [0.717, 1.165) is 33.6 Å². The third kappa shape index (κ3) is 6.15. The molecule has 0 bridgehead atoms. The summed E-state index contributed by atoms with van der Waals surface area (Å²) in [7, 11) is 0. The van der Waals surface area contributed by atoms with Crippen LogP contribution in [0.15, 0.2) is 109 Å². The molecule has 212 valence electrons. The highest BCUT2D eigenvalue weighted by molar-refractivity contribution is 5.68. The lowest BCUT2D eigenvalue weighted by atomic mass is 9.80. The van der Waals surface area contributed by atoms with E-state index >= 15 is 0 Å². The minimum absolute atomic E-state index is 0.0788. The zero-order valence-electron chi connectivity index (χ0n) is 24.3. The van der Waals surface area contributed by atoms with E-state index in [9.17, 15) is 9.90 Å². The van der Waals surface area contributed by atoms with Gasteiger partial charge in [-0.1, -0.05) is 97.1 Å². The third-order valence-electron chi connectivity index (χ3n) is 7.69. The molecule has 1 saturated heterocycles. The molecule has 0 aliphatic carbocycles. The molecule has 4 aromatic rings. The number of carbonyl (C=O) groups excluding carboxylic acids is 1. The van der Waals surface area contributed by atoms with Crippen LogP contribution in [0.2, 0.25) is 0 Å². The number of carbonyl (C=O) groups is 1. The van der Waals surface area contributed by atoms with Gasteiger partial charge in [0.2, 0.25) is 0 Å². The van der Waals surface area contributed by atoms with Gasteiger partial charge in [-0.15, -0.1) is 0 Å². The maximum absolute atomic E-state index is 12.6. The number of nitrogens with zero attached hydrogens (tertiary/aromatic N) is 1. The zero-order chi connectivity index (χ0) is 29.0. The Bertz CT molecular complexity index is 1350. The van der Waals surface area contributed by atoms with Gasteiger partial charge in [0.1, 0.15) is 11.4 Å². The van der Waals surface area contributed by atoms with Crippen molar-refractivity contribution in [3.8, 4) is 5.75 Å². The average molecular weight is 550 g/mol. The summed E-state index contributed by atoms with van der Waals surface area (Å²) in [5.41, 5.74) is 3.77. The van der Waals surface area contributed by atoms with Gasteiger partial charge in [0, 0.05) is 29.2 Å². The Hall–Kier alpha value is -4.09. The molecule has 1 aliphatic rings. The van der Waals surface area contributed by atoms with Gasteiger partial charge in [-0.05, 0) is 57.4 Å². The molecule has 4 aromatic carbocycles. The average Bonchev–Trinajstić information content (AvgIpc) is 2.97. The topological polar surface area (TPSA) is 59.0 Å². The minimum Gasteiger partial charge on any atom is -0.473 e. The van der Waals surface area contributed by atoms with Crippen LogP contribution in [0, 0.1) is 6.92 Å². The number of aliphatic hydroxyl groups is 1. The normalized spacial score (nSPS) is 17.6. The van der Waals surface area contributed by atoms with Crippen LogP contribution in [-0.4, -0.2) is 40.9 Å². The smallest absolute Gasteiger partial charge is 0.410 e. The Morgan fingerprint density at radius 1 is 0.805 bits per heavy atom. The van der Waals surface area contributed by atoms with Crippen molar-refractivity contribution in [2.24, 2.45) is 0 Å². The van der Waals surface area contributed by atoms with Gasteiger partial charge in [-0.2, -0.15) is 0 Å². The van der Waals surface area contributed by atoms with Crippen LogP contribution in [0.5, 0.6) is 5.75 Å². The van der Waals surface area contributed by atoms with Gasteiger partial charge in [-0.3, -0.25) is 0 Å². The van der Waals surface area contributed by atoms with Crippen molar-refractivity contribution in [3.05, 3.63) is 137 Å². The largest absolute Gasteiger partial charge is 0.473 e. The number of amides is 1. The number of rotatable bonds is 6. The monoisotopic (exact) mass is 549 g/mol. The van der Waals surface area contributed by atoms with E-state index in [-0.39, 0.29) is 18.6 Å². The predicted molar refractivity (Wildman–Crippen MR) is 162 cm³/mol. The molecule has 2 unspecified atom stereocenters. The number of aliphatic hydroxyl groups excluding tert-OH is 1. The second-order valence-electron chi connectivity index (χ2n) is 11.8. The van der Waals surface area contributed by atoms with Crippen LogP contribution < -0.4 is 4.74 Å². The van der Waals surface area contributed by atoms with Gasteiger partial charge >= 0.3 is 6.09 Å². The Morgan fingerprint density at radius 3 is 1.76 bits per heavy atom. The van der Waals surface area contributed by atoms with Crippen molar-refractivity contribution in [2.75, 3.05) is 13.1 Å². The van der Waals surface area contributed by atoms with Gasteiger partial charge in [0.15, 0.2) is 5.60 Å². The molecule has 1 amide bonds. The molecule has 0 saturated carbocycles. The first-order chi connectivity index (χ1) is 19.7. The third-order valence-corrected chi connectivity index (χ3v) is 7.69. The van der Waals surface area contributed by atoms with Crippen molar-refractivity contribution in [2.45, 2.75) is 57.3 Å². The minimum atomic E-state index is -0.865. The van der Waals surface area contributed by atoms with E-state index in [0.29, 0.717) is 13.0 Å². The summed E-state index contributed by atoms with van der Waals surface area (Å²) in [6.45, 7) is 8.39. The second kappa shape index (κ2) is 11.8. The maximum atomic E-state index is 12.6. The van der Waals surface area contributed by atoms with Crippen molar-refractivity contribution in [3.63, 3.8) is 0 Å². The van der Waals surface area contributed by atoms with Crippen molar-refractivity contribution < 1.29 is 19.4 Å². The number of likely N-dealkylation sites (tertiary alicyclic amines) is 1.